The van der Waals surface area contributed by atoms with Gasteiger partial charge in [0.25, 0.3) is 10.0 Å². The lowest BCUT2D eigenvalue weighted by molar-refractivity contribution is 0.587. The second-order valence-corrected chi connectivity index (χ2v) is 9.00. The van der Waals surface area contributed by atoms with E-state index in [0.29, 0.717) is 5.82 Å². The first-order valence-corrected chi connectivity index (χ1v) is 10.4. The Hall–Kier alpha value is -2.15. The number of anilines is 2. The molecule has 0 spiro atoms. The van der Waals surface area contributed by atoms with Crippen molar-refractivity contribution >= 4 is 21.7 Å². The van der Waals surface area contributed by atoms with E-state index in [4.69, 9.17) is 0 Å². The van der Waals surface area contributed by atoms with Gasteiger partial charge in [0.05, 0.1) is 4.90 Å². The molecule has 0 bridgehead atoms. The molecule has 6 nitrogen and oxygen atoms in total. The third-order valence-electron chi connectivity index (χ3n) is 4.02. The molecule has 0 saturated heterocycles. The molecule has 0 unspecified atom stereocenters. The average Bonchev–Trinajstić information content (AvgIpc) is 2.59. The van der Waals surface area contributed by atoms with Gasteiger partial charge in [-0.2, -0.15) is 0 Å². The summed E-state index contributed by atoms with van der Waals surface area (Å²) in [5, 5.41) is 11.1. The van der Waals surface area contributed by atoms with Crippen LogP contribution in [-0.2, 0) is 15.4 Å². The largest absolute Gasteiger partial charge is 0.369 e. The first kappa shape index (κ1) is 20.2. The van der Waals surface area contributed by atoms with Crippen LogP contribution in [0.25, 0.3) is 0 Å². The lowest BCUT2D eigenvalue weighted by Crippen LogP contribution is -2.16. The second kappa shape index (κ2) is 8.49. The molecule has 2 N–H and O–H groups in total. The zero-order valence-corrected chi connectivity index (χ0v) is 16.7. The highest BCUT2D eigenvalue weighted by Gasteiger charge is 2.18. The smallest absolute Gasteiger partial charge is 0.263 e. The van der Waals surface area contributed by atoms with E-state index < -0.39 is 10.0 Å². The number of nitrogens with zero attached hydrogens (tertiary/aromatic N) is 2. The lowest BCUT2D eigenvalue weighted by Gasteiger charge is -2.19. The van der Waals surface area contributed by atoms with Gasteiger partial charge in [-0.25, -0.2) is 8.42 Å². The second-order valence-electron chi connectivity index (χ2n) is 7.32. The van der Waals surface area contributed by atoms with Crippen molar-refractivity contribution in [2.75, 3.05) is 16.6 Å². The van der Waals surface area contributed by atoms with Crippen LogP contribution in [0.3, 0.4) is 0 Å². The Labute approximate surface area is 156 Å². The van der Waals surface area contributed by atoms with Gasteiger partial charge in [-0.1, -0.05) is 52.7 Å². The Kier molecular flexibility index (Phi) is 6.58. The molecule has 0 radical (unpaired) electrons. The van der Waals surface area contributed by atoms with Crippen LogP contribution in [0.4, 0.5) is 11.6 Å². The first-order valence-electron chi connectivity index (χ1n) is 8.93. The number of hydrogen-bond donors (Lipinski definition) is 2. The number of aromatic nitrogens is 2. The Bertz CT molecular complexity index is 795. The fraction of sp³-hybridized carbons (Fsp3) is 0.474. The number of rotatable bonds is 8. The molecule has 0 amide bonds. The summed E-state index contributed by atoms with van der Waals surface area (Å²) in [5.74, 6) is 0.836. The van der Waals surface area contributed by atoms with Crippen LogP contribution in [-0.4, -0.2) is 25.2 Å². The lowest BCUT2D eigenvalue weighted by atomic mass is 9.87. The number of hydrogen-bond acceptors (Lipinski definition) is 5. The SMILES string of the molecule is CCCCCNc1ccc(NS(=O)(=O)c2ccc(C(C)(C)C)cc2)nn1. The van der Waals surface area contributed by atoms with Gasteiger partial charge in [-0.15, -0.1) is 10.2 Å². The van der Waals surface area contributed by atoms with Crippen molar-refractivity contribution in [3.8, 4) is 0 Å². The van der Waals surface area contributed by atoms with Gasteiger partial charge in [0.15, 0.2) is 5.82 Å². The highest BCUT2D eigenvalue weighted by Crippen LogP contribution is 2.24. The zero-order valence-electron chi connectivity index (χ0n) is 15.9. The highest BCUT2D eigenvalue weighted by atomic mass is 32.2. The third kappa shape index (κ3) is 5.69. The molecule has 1 aromatic carbocycles. The highest BCUT2D eigenvalue weighted by molar-refractivity contribution is 7.92. The molecule has 2 aromatic rings. The maximum absolute atomic E-state index is 12.5. The van der Waals surface area contributed by atoms with Gasteiger partial charge in [0, 0.05) is 6.54 Å². The summed E-state index contributed by atoms with van der Waals surface area (Å²) in [7, 11) is -3.69. The molecule has 0 saturated carbocycles. The summed E-state index contributed by atoms with van der Waals surface area (Å²) in [6.07, 6.45) is 3.38. The monoisotopic (exact) mass is 376 g/mol. The van der Waals surface area contributed by atoms with Crippen molar-refractivity contribution in [3.63, 3.8) is 0 Å². The molecule has 26 heavy (non-hydrogen) atoms. The number of sulfonamides is 1. The molecule has 0 atom stereocenters. The number of unbranched alkanes of at least 4 members (excludes halogenated alkanes) is 2. The Balaban J connectivity index is 2.02. The van der Waals surface area contributed by atoms with Gasteiger partial charge in [0.2, 0.25) is 0 Å². The normalized spacial score (nSPS) is 12.0. The standard InChI is InChI=1S/C19H28N4O2S/c1-5-6-7-14-20-17-12-13-18(22-21-17)23-26(24,25)16-10-8-15(9-11-16)19(2,3)4/h8-13H,5-7,14H2,1-4H3,(H,20,21)(H,22,23). The molecule has 2 rings (SSSR count). The summed E-state index contributed by atoms with van der Waals surface area (Å²) in [6, 6.07) is 10.2. The van der Waals surface area contributed by atoms with E-state index in [1.807, 2.05) is 12.1 Å². The van der Waals surface area contributed by atoms with Gasteiger partial charge >= 0.3 is 0 Å². The van der Waals surface area contributed by atoms with Gasteiger partial charge in [-0.3, -0.25) is 4.72 Å². The van der Waals surface area contributed by atoms with E-state index in [1.54, 1.807) is 24.3 Å². The molecule has 1 aromatic heterocycles. The predicted octanol–water partition coefficient (Wildman–Crippen LogP) is 4.18. The maximum Gasteiger partial charge on any atom is 0.263 e. The first-order chi connectivity index (χ1) is 12.2. The van der Waals surface area contributed by atoms with Crippen LogP contribution in [0.1, 0.15) is 52.5 Å². The van der Waals surface area contributed by atoms with Crippen LogP contribution < -0.4 is 10.0 Å². The van der Waals surface area contributed by atoms with Gasteiger partial charge in [0.1, 0.15) is 5.82 Å². The Morgan fingerprint density at radius 1 is 0.923 bits per heavy atom. The molecular formula is C19H28N4O2S. The summed E-state index contributed by atoms with van der Waals surface area (Å²) in [5.41, 5.74) is 1.05. The number of nitrogens with one attached hydrogen (secondary N) is 2. The Morgan fingerprint density at radius 3 is 2.08 bits per heavy atom. The van der Waals surface area contributed by atoms with E-state index in [9.17, 15) is 8.42 Å². The fourth-order valence-corrected chi connectivity index (χ4v) is 3.40. The minimum absolute atomic E-state index is 0.0266. The zero-order chi connectivity index (χ0) is 19.2. The fourth-order valence-electron chi connectivity index (χ4n) is 2.40. The average molecular weight is 377 g/mol. The molecule has 142 valence electrons. The van der Waals surface area contributed by atoms with Crippen LogP contribution in [0.5, 0.6) is 0 Å². The summed E-state index contributed by atoms with van der Waals surface area (Å²) in [6.45, 7) is 9.23. The van der Waals surface area contributed by atoms with Crippen LogP contribution in [0.2, 0.25) is 0 Å². The molecule has 0 aliphatic carbocycles. The molecule has 0 aliphatic rings. The van der Waals surface area contributed by atoms with E-state index in [2.05, 4.69) is 47.9 Å². The van der Waals surface area contributed by atoms with E-state index >= 15 is 0 Å². The van der Waals surface area contributed by atoms with E-state index in [-0.39, 0.29) is 16.1 Å². The molecule has 7 heteroatoms. The maximum atomic E-state index is 12.5. The van der Waals surface area contributed by atoms with Crippen LogP contribution >= 0.6 is 0 Å². The number of benzene rings is 1. The quantitative estimate of drug-likeness (QED) is 0.675. The topological polar surface area (TPSA) is 84.0 Å². The Morgan fingerprint density at radius 2 is 1.54 bits per heavy atom. The summed E-state index contributed by atoms with van der Waals surface area (Å²) < 4.78 is 27.5. The molecule has 1 heterocycles. The van der Waals surface area contributed by atoms with Crippen molar-refractivity contribution in [2.24, 2.45) is 0 Å². The minimum atomic E-state index is -3.69. The van der Waals surface area contributed by atoms with Crippen LogP contribution in [0.15, 0.2) is 41.3 Å². The molecular weight excluding hydrogens is 348 g/mol. The van der Waals surface area contributed by atoms with Crippen molar-refractivity contribution < 1.29 is 8.42 Å². The predicted molar refractivity (Wildman–Crippen MR) is 106 cm³/mol. The van der Waals surface area contributed by atoms with E-state index in [0.717, 1.165) is 31.4 Å². The van der Waals surface area contributed by atoms with Crippen molar-refractivity contribution in [2.45, 2.75) is 57.3 Å². The minimum Gasteiger partial charge on any atom is -0.369 e. The third-order valence-corrected chi connectivity index (χ3v) is 5.39. The summed E-state index contributed by atoms with van der Waals surface area (Å²) >= 11 is 0. The van der Waals surface area contributed by atoms with Crippen molar-refractivity contribution in [3.05, 3.63) is 42.0 Å². The van der Waals surface area contributed by atoms with Crippen molar-refractivity contribution in [1.29, 1.82) is 0 Å². The summed E-state index contributed by atoms with van der Waals surface area (Å²) in [4.78, 5) is 0.203. The van der Waals surface area contributed by atoms with E-state index in [1.165, 1.54) is 0 Å². The molecule has 0 fully saturated rings. The van der Waals surface area contributed by atoms with Gasteiger partial charge in [-0.05, 0) is 41.7 Å². The van der Waals surface area contributed by atoms with Crippen LogP contribution in [0, 0.1) is 0 Å². The van der Waals surface area contributed by atoms with Crippen molar-refractivity contribution in [1.82, 2.24) is 10.2 Å². The molecule has 0 aliphatic heterocycles. The van der Waals surface area contributed by atoms with Gasteiger partial charge < -0.3 is 5.32 Å².